The van der Waals surface area contributed by atoms with Gasteiger partial charge in [-0.25, -0.2) is 9.37 Å². The first-order chi connectivity index (χ1) is 15.0. The van der Waals surface area contributed by atoms with E-state index in [0.717, 1.165) is 42.8 Å². The lowest BCUT2D eigenvalue weighted by Gasteiger charge is -2.40. The molecule has 1 amide bonds. The molecule has 1 aromatic carbocycles. The summed E-state index contributed by atoms with van der Waals surface area (Å²) in [7, 11) is 3.47. The number of piperidine rings is 1. The highest BCUT2D eigenvalue weighted by atomic mass is 32.1. The average molecular weight is 448 g/mol. The second-order valence-corrected chi connectivity index (χ2v) is 9.24. The molecular formula is C23H30FN3O3S. The quantitative estimate of drug-likeness (QED) is 0.623. The minimum atomic E-state index is -0.391. The van der Waals surface area contributed by atoms with Gasteiger partial charge in [-0.1, -0.05) is 6.07 Å². The standard InChI is InChI=1S/C23H30FN3O3S/c1-26(9-10-29-2)22(28)18(11-20-15-31-16-25-20)13-27-7-5-23(6-8-27)21-12-19(24)4-3-17(21)14-30-23/h3-4,12,15-16,18H,5-11,13-14H2,1-2H3. The molecule has 3 heterocycles. The first-order valence-electron chi connectivity index (χ1n) is 10.8. The first-order valence-corrected chi connectivity index (χ1v) is 11.7. The number of fused-ring (bicyclic) bond motifs is 2. The SMILES string of the molecule is COCCN(C)C(=O)C(Cc1cscn1)CN1CCC2(CC1)OCc1ccc(F)cc12. The maximum absolute atomic E-state index is 13.9. The van der Waals surface area contributed by atoms with E-state index >= 15 is 0 Å². The van der Waals surface area contributed by atoms with Gasteiger partial charge in [-0.3, -0.25) is 4.79 Å². The van der Waals surface area contributed by atoms with Crippen LogP contribution >= 0.6 is 11.3 Å². The normalized spacial score (nSPS) is 18.8. The lowest BCUT2D eigenvalue weighted by molar-refractivity contribution is -0.136. The van der Waals surface area contributed by atoms with Crippen LogP contribution in [0.5, 0.6) is 0 Å². The molecule has 1 atom stereocenters. The van der Waals surface area contributed by atoms with Gasteiger partial charge in [0, 0.05) is 52.1 Å². The van der Waals surface area contributed by atoms with Crippen LogP contribution in [0.3, 0.4) is 0 Å². The van der Waals surface area contributed by atoms with Gasteiger partial charge in [0.2, 0.25) is 5.91 Å². The zero-order chi connectivity index (χ0) is 21.8. The largest absolute Gasteiger partial charge is 0.383 e. The van der Waals surface area contributed by atoms with Gasteiger partial charge in [0.05, 0.1) is 35.9 Å². The van der Waals surface area contributed by atoms with Gasteiger partial charge in [0.25, 0.3) is 0 Å². The van der Waals surface area contributed by atoms with Crippen molar-refractivity contribution < 1.29 is 18.7 Å². The topological polar surface area (TPSA) is 54.9 Å². The van der Waals surface area contributed by atoms with E-state index in [-0.39, 0.29) is 17.6 Å². The lowest BCUT2D eigenvalue weighted by Crippen LogP contribution is -2.47. The molecule has 0 radical (unpaired) electrons. The summed E-state index contributed by atoms with van der Waals surface area (Å²) in [5, 5.41) is 2.01. The van der Waals surface area contributed by atoms with Gasteiger partial charge in [-0.05, 0) is 36.1 Å². The number of rotatable bonds is 8. The number of nitrogens with zero attached hydrogens (tertiary/aromatic N) is 3. The van der Waals surface area contributed by atoms with E-state index in [1.54, 1.807) is 29.4 Å². The Kier molecular flexibility index (Phi) is 7.01. The van der Waals surface area contributed by atoms with E-state index in [1.165, 1.54) is 6.07 Å². The molecule has 2 aliphatic heterocycles. The van der Waals surface area contributed by atoms with E-state index in [1.807, 2.05) is 24.0 Å². The number of ether oxygens (including phenoxy) is 2. The zero-order valence-corrected chi connectivity index (χ0v) is 19.0. The summed E-state index contributed by atoms with van der Waals surface area (Å²) < 4.78 is 25.2. The van der Waals surface area contributed by atoms with Crippen molar-refractivity contribution >= 4 is 17.2 Å². The zero-order valence-electron chi connectivity index (χ0n) is 18.2. The van der Waals surface area contributed by atoms with E-state index in [2.05, 4.69) is 9.88 Å². The molecule has 0 aliphatic carbocycles. The number of hydrogen-bond acceptors (Lipinski definition) is 6. The van der Waals surface area contributed by atoms with Gasteiger partial charge in [0.1, 0.15) is 5.82 Å². The molecule has 168 valence electrons. The summed E-state index contributed by atoms with van der Waals surface area (Å²) in [4.78, 5) is 21.6. The predicted octanol–water partition coefficient (Wildman–Crippen LogP) is 3.07. The monoisotopic (exact) mass is 447 g/mol. The maximum atomic E-state index is 13.9. The third kappa shape index (κ3) is 4.98. The summed E-state index contributed by atoms with van der Waals surface area (Å²) >= 11 is 1.55. The molecule has 1 aromatic heterocycles. The van der Waals surface area contributed by atoms with Crippen molar-refractivity contribution in [1.82, 2.24) is 14.8 Å². The van der Waals surface area contributed by atoms with Crippen LogP contribution in [0.4, 0.5) is 4.39 Å². The maximum Gasteiger partial charge on any atom is 0.227 e. The van der Waals surface area contributed by atoms with Gasteiger partial charge < -0.3 is 19.3 Å². The summed E-state index contributed by atoms with van der Waals surface area (Å²) in [5.41, 5.74) is 4.47. The van der Waals surface area contributed by atoms with Crippen molar-refractivity contribution in [2.75, 3.05) is 46.9 Å². The van der Waals surface area contributed by atoms with Crippen molar-refractivity contribution in [3.8, 4) is 0 Å². The summed E-state index contributed by atoms with van der Waals surface area (Å²) in [5.74, 6) is -0.249. The second-order valence-electron chi connectivity index (χ2n) is 8.52. The van der Waals surface area contributed by atoms with Crippen molar-refractivity contribution in [3.63, 3.8) is 0 Å². The fourth-order valence-corrected chi connectivity index (χ4v) is 5.26. The number of likely N-dealkylation sites (N-methyl/N-ethyl adjacent to an activating group) is 1. The van der Waals surface area contributed by atoms with Crippen LogP contribution in [0, 0.1) is 11.7 Å². The van der Waals surface area contributed by atoms with E-state index < -0.39 is 5.60 Å². The minimum absolute atomic E-state index is 0.120. The number of carbonyl (C=O) groups is 1. The molecule has 1 fully saturated rings. The number of likely N-dealkylation sites (tertiary alicyclic amines) is 1. The highest BCUT2D eigenvalue weighted by Crippen LogP contribution is 2.44. The van der Waals surface area contributed by atoms with Crippen LogP contribution in [-0.2, 0) is 32.9 Å². The fraction of sp³-hybridized carbons (Fsp3) is 0.565. The number of hydrogen-bond donors (Lipinski definition) is 0. The highest BCUT2D eigenvalue weighted by Gasteiger charge is 2.43. The molecule has 0 bridgehead atoms. The van der Waals surface area contributed by atoms with Crippen molar-refractivity contribution in [2.45, 2.75) is 31.5 Å². The Morgan fingerprint density at radius 1 is 1.42 bits per heavy atom. The molecule has 0 saturated carbocycles. The first kappa shape index (κ1) is 22.3. The van der Waals surface area contributed by atoms with Gasteiger partial charge in [-0.15, -0.1) is 11.3 Å². The van der Waals surface area contributed by atoms with Gasteiger partial charge in [-0.2, -0.15) is 0 Å². The average Bonchev–Trinajstić information content (AvgIpc) is 3.41. The third-order valence-electron chi connectivity index (χ3n) is 6.50. The Balaban J connectivity index is 1.42. The molecular weight excluding hydrogens is 417 g/mol. The molecule has 1 saturated heterocycles. The van der Waals surface area contributed by atoms with Crippen molar-refractivity contribution in [2.24, 2.45) is 5.92 Å². The number of methoxy groups -OCH3 is 1. The van der Waals surface area contributed by atoms with E-state index in [4.69, 9.17) is 9.47 Å². The minimum Gasteiger partial charge on any atom is -0.383 e. The van der Waals surface area contributed by atoms with Crippen LogP contribution in [-0.4, -0.2) is 67.6 Å². The van der Waals surface area contributed by atoms with Crippen molar-refractivity contribution in [3.05, 3.63) is 51.7 Å². The number of thiazole rings is 1. The second kappa shape index (κ2) is 9.73. The van der Waals surface area contributed by atoms with Crippen LogP contribution in [0.25, 0.3) is 0 Å². The van der Waals surface area contributed by atoms with Gasteiger partial charge >= 0.3 is 0 Å². The molecule has 2 aliphatic rings. The van der Waals surface area contributed by atoms with Gasteiger partial charge in [0.15, 0.2) is 0 Å². The lowest BCUT2D eigenvalue weighted by atomic mass is 9.83. The van der Waals surface area contributed by atoms with Crippen LogP contribution in [0.1, 0.15) is 29.7 Å². The summed E-state index contributed by atoms with van der Waals surface area (Å²) in [6, 6.07) is 4.98. The van der Waals surface area contributed by atoms with E-state index in [0.29, 0.717) is 32.7 Å². The molecule has 2 aromatic rings. The van der Waals surface area contributed by atoms with Crippen LogP contribution in [0.15, 0.2) is 29.1 Å². The Morgan fingerprint density at radius 3 is 2.94 bits per heavy atom. The molecule has 8 heteroatoms. The number of amides is 1. The molecule has 0 N–H and O–H groups in total. The highest BCUT2D eigenvalue weighted by molar-refractivity contribution is 7.07. The number of aromatic nitrogens is 1. The smallest absolute Gasteiger partial charge is 0.227 e. The molecule has 1 spiro atoms. The Labute approximate surface area is 187 Å². The van der Waals surface area contributed by atoms with Crippen LogP contribution < -0.4 is 0 Å². The molecule has 1 unspecified atom stereocenters. The third-order valence-corrected chi connectivity index (χ3v) is 7.14. The molecule has 6 nitrogen and oxygen atoms in total. The Morgan fingerprint density at radius 2 is 2.23 bits per heavy atom. The number of carbonyl (C=O) groups excluding carboxylic acids is 1. The predicted molar refractivity (Wildman–Crippen MR) is 117 cm³/mol. The number of benzene rings is 1. The molecule has 31 heavy (non-hydrogen) atoms. The fourth-order valence-electron chi connectivity index (χ4n) is 4.69. The number of halogens is 1. The summed E-state index contributed by atoms with van der Waals surface area (Å²) in [6.45, 7) is 3.95. The molecule has 4 rings (SSSR count). The summed E-state index contributed by atoms with van der Waals surface area (Å²) in [6.07, 6.45) is 2.24. The van der Waals surface area contributed by atoms with Crippen molar-refractivity contribution in [1.29, 1.82) is 0 Å². The van der Waals surface area contributed by atoms with E-state index in [9.17, 15) is 9.18 Å². The Bertz CT molecular complexity index is 884. The van der Waals surface area contributed by atoms with Crippen LogP contribution in [0.2, 0.25) is 0 Å². The Hall–Kier alpha value is -1.87.